The van der Waals surface area contributed by atoms with E-state index in [2.05, 4.69) is 26.8 Å². The number of hydrogen-bond donors (Lipinski definition) is 2. The van der Waals surface area contributed by atoms with Gasteiger partial charge in [-0.3, -0.25) is 19.4 Å². The van der Waals surface area contributed by atoms with E-state index in [1.54, 1.807) is 47.5 Å². The Balaban J connectivity index is 1.04. The number of benzene rings is 3. The maximum atomic E-state index is 13.3. The summed E-state index contributed by atoms with van der Waals surface area (Å²) in [6, 6.07) is 15.4. The molecule has 3 aromatic carbocycles. The predicted molar refractivity (Wildman–Crippen MR) is 178 cm³/mol. The maximum absolute atomic E-state index is 13.3. The standard InChI is InChI=1S/C35H40N4O6S/c1-44-34-30(45-29-10-4-2-3-5-11-29)18-15-27(33(34)40)24-38-20-22-39(23-21-38)35(41)26-13-16-28(17-14-26)37-46(42,43)31-12-6-8-25-9-7-19-36-32(25)31/h2-3,6,8,12-19,29,37,40H,4-5,7,9-11,20-24H2,1H3. The normalized spacial score (nSPS) is 17.3. The van der Waals surface area contributed by atoms with Gasteiger partial charge < -0.3 is 19.5 Å². The number of ether oxygens (including phenoxy) is 2. The van der Waals surface area contributed by atoms with Crippen molar-refractivity contribution in [2.75, 3.05) is 38.0 Å². The molecule has 1 saturated heterocycles. The third kappa shape index (κ3) is 7.05. The molecule has 0 unspecified atom stereocenters. The molecule has 1 fully saturated rings. The van der Waals surface area contributed by atoms with E-state index in [1.807, 2.05) is 18.2 Å². The Morgan fingerprint density at radius 1 is 0.978 bits per heavy atom. The molecule has 3 aromatic rings. The smallest absolute Gasteiger partial charge is 0.264 e. The topological polar surface area (TPSA) is 121 Å². The van der Waals surface area contributed by atoms with Gasteiger partial charge in [-0.15, -0.1) is 0 Å². The number of aliphatic imine (C=N–C) groups is 1. The Kier molecular flexibility index (Phi) is 9.60. The Hall–Kier alpha value is -4.35. The highest BCUT2D eigenvalue weighted by molar-refractivity contribution is 7.92. The molecule has 46 heavy (non-hydrogen) atoms. The van der Waals surface area contributed by atoms with Crippen LogP contribution in [0.4, 0.5) is 11.4 Å². The van der Waals surface area contributed by atoms with Crippen LogP contribution < -0.4 is 14.2 Å². The Morgan fingerprint density at radius 2 is 1.72 bits per heavy atom. The van der Waals surface area contributed by atoms with Gasteiger partial charge in [0.2, 0.25) is 5.75 Å². The number of carbonyl (C=O) groups is 1. The number of anilines is 1. The van der Waals surface area contributed by atoms with Crippen molar-refractivity contribution in [1.82, 2.24) is 9.80 Å². The quantitative estimate of drug-likeness (QED) is 0.287. The van der Waals surface area contributed by atoms with Crippen molar-refractivity contribution in [1.29, 1.82) is 0 Å². The van der Waals surface area contributed by atoms with Gasteiger partial charge in [0.1, 0.15) is 4.90 Å². The van der Waals surface area contributed by atoms with Crippen molar-refractivity contribution in [2.45, 2.75) is 56.1 Å². The number of phenols is 1. The van der Waals surface area contributed by atoms with Crippen molar-refractivity contribution in [3.63, 3.8) is 0 Å². The lowest BCUT2D eigenvalue weighted by Gasteiger charge is -2.35. The fraction of sp³-hybridized carbons (Fsp3) is 0.371. The highest BCUT2D eigenvalue weighted by Crippen LogP contribution is 2.41. The van der Waals surface area contributed by atoms with Gasteiger partial charge in [0.15, 0.2) is 11.5 Å². The first kappa shape index (κ1) is 31.6. The monoisotopic (exact) mass is 644 g/mol. The minimum absolute atomic E-state index is 0.0787. The maximum Gasteiger partial charge on any atom is 0.264 e. The number of para-hydroxylation sites is 1. The molecular formula is C35H40N4O6S. The van der Waals surface area contributed by atoms with Crippen LogP contribution in [0.25, 0.3) is 0 Å². The van der Waals surface area contributed by atoms with E-state index in [9.17, 15) is 18.3 Å². The second kappa shape index (κ2) is 14.0. The summed E-state index contributed by atoms with van der Waals surface area (Å²) in [6.07, 6.45) is 11.6. The van der Waals surface area contributed by atoms with Crippen molar-refractivity contribution in [3.8, 4) is 17.2 Å². The van der Waals surface area contributed by atoms with E-state index in [4.69, 9.17) is 9.47 Å². The summed E-state index contributed by atoms with van der Waals surface area (Å²) in [5, 5.41) is 11.0. The third-order valence-electron chi connectivity index (χ3n) is 8.73. The zero-order chi connectivity index (χ0) is 32.1. The minimum atomic E-state index is -3.86. The minimum Gasteiger partial charge on any atom is -0.504 e. The molecule has 10 nitrogen and oxygen atoms in total. The molecule has 0 radical (unpaired) electrons. The molecule has 0 saturated carbocycles. The number of aromatic hydroxyl groups is 1. The number of allylic oxidation sites excluding steroid dienone is 2. The van der Waals surface area contributed by atoms with Crippen LogP contribution in [0, 0.1) is 0 Å². The number of fused-ring (bicyclic) bond motifs is 1. The van der Waals surface area contributed by atoms with Gasteiger partial charge in [-0.05, 0) is 80.5 Å². The first-order valence-corrected chi connectivity index (χ1v) is 17.3. The summed E-state index contributed by atoms with van der Waals surface area (Å²) in [6.45, 7) is 2.86. The van der Waals surface area contributed by atoms with Gasteiger partial charge in [-0.1, -0.05) is 30.4 Å². The second-order valence-corrected chi connectivity index (χ2v) is 13.5. The Labute approximate surface area is 270 Å². The van der Waals surface area contributed by atoms with Crippen LogP contribution in [-0.2, 0) is 23.0 Å². The number of rotatable bonds is 9. The molecule has 0 spiro atoms. The van der Waals surface area contributed by atoms with Gasteiger partial charge in [-0.2, -0.15) is 0 Å². The lowest BCUT2D eigenvalue weighted by Crippen LogP contribution is -2.48. The molecule has 0 bridgehead atoms. The van der Waals surface area contributed by atoms with E-state index in [0.717, 1.165) is 49.7 Å². The fourth-order valence-electron chi connectivity index (χ4n) is 6.19. The average molecular weight is 645 g/mol. The second-order valence-electron chi connectivity index (χ2n) is 11.8. The lowest BCUT2D eigenvalue weighted by atomic mass is 10.1. The molecule has 0 aromatic heterocycles. The largest absolute Gasteiger partial charge is 0.504 e. The summed E-state index contributed by atoms with van der Waals surface area (Å²) >= 11 is 0. The first-order chi connectivity index (χ1) is 22.3. The van der Waals surface area contributed by atoms with E-state index in [0.29, 0.717) is 61.2 Å². The number of sulfonamides is 1. The molecule has 2 aliphatic heterocycles. The SMILES string of the molecule is COc1c(OC2CCC=CCC2)ccc(CN2CCN(C(=O)c3ccc(NS(=O)(=O)c4cccc5c4N=CCC5)cc3)CC2)c1O. The molecule has 1 amide bonds. The summed E-state index contributed by atoms with van der Waals surface area (Å²) in [5.74, 6) is 0.880. The molecule has 11 heteroatoms. The highest BCUT2D eigenvalue weighted by Gasteiger charge is 2.26. The van der Waals surface area contributed by atoms with Crippen LogP contribution >= 0.6 is 0 Å². The van der Waals surface area contributed by atoms with E-state index < -0.39 is 10.0 Å². The lowest BCUT2D eigenvalue weighted by molar-refractivity contribution is 0.0627. The first-order valence-electron chi connectivity index (χ1n) is 15.8. The van der Waals surface area contributed by atoms with Crippen molar-refractivity contribution < 1.29 is 27.8 Å². The number of amides is 1. The molecule has 6 rings (SSSR count). The molecule has 2 heterocycles. The Morgan fingerprint density at radius 3 is 2.43 bits per heavy atom. The average Bonchev–Trinajstić information content (AvgIpc) is 3.35. The van der Waals surface area contributed by atoms with Crippen LogP contribution in [0.3, 0.4) is 0 Å². The fourth-order valence-corrected chi connectivity index (χ4v) is 7.44. The van der Waals surface area contributed by atoms with Gasteiger partial charge in [0.25, 0.3) is 15.9 Å². The number of phenolic OH excluding ortho intramolecular Hbond substituents is 1. The van der Waals surface area contributed by atoms with Crippen LogP contribution in [-0.4, -0.2) is 74.8 Å². The number of carbonyl (C=O) groups excluding carboxylic acids is 1. The summed E-state index contributed by atoms with van der Waals surface area (Å²) < 4.78 is 40.7. The molecule has 1 aliphatic carbocycles. The highest BCUT2D eigenvalue weighted by atomic mass is 32.2. The zero-order valence-corrected chi connectivity index (χ0v) is 26.8. The van der Waals surface area contributed by atoms with Gasteiger partial charge in [0, 0.05) is 55.8 Å². The van der Waals surface area contributed by atoms with Gasteiger partial charge in [-0.25, -0.2) is 8.42 Å². The van der Waals surface area contributed by atoms with Crippen molar-refractivity contribution in [3.05, 3.63) is 83.4 Å². The number of piperazine rings is 1. The number of nitrogens with zero attached hydrogens (tertiary/aromatic N) is 3. The van der Waals surface area contributed by atoms with Gasteiger partial charge in [0.05, 0.1) is 18.9 Å². The van der Waals surface area contributed by atoms with Crippen LogP contribution in [0.15, 0.2) is 76.6 Å². The predicted octanol–water partition coefficient (Wildman–Crippen LogP) is 5.69. The molecule has 2 N–H and O–H groups in total. The van der Waals surface area contributed by atoms with E-state index in [1.165, 1.54) is 7.11 Å². The van der Waals surface area contributed by atoms with E-state index in [-0.39, 0.29) is 22.7 Å². The van der Waals surface area contributed by atoms with Crippen LogP contribution in [0.5, 0.6) is 17.2 Å². The summed E-state index contributed by atoms with van der Waals surface area (Å²) in [5.41, 5.74) is 2.99. The molecular weight excluding hydrogens is 604 g/mol. The summed E-state index contributed by atoms with van der Waals surface area (Å²) in [4.78, 5) is 21.7. The van der Waals surface area contributed by atoms with Crippen molar-refractivity contribution in [2.24, 2.45) is 4.99 Å². The number of methoxy groups -OCH3 is 1. The zero-order valence-electron chi connectivity index (χ0n) is 26.0. The molecule has 242 valence electrons. The van der Waals surface area contributed by atoms with Crippen molar-refractivity contribution >= 4 is 33.5 Å². The third-order valence-corrected chi connectivity index (χ3v) is 10.1. The van der Waals surface area contributed by atoms with Gasteiger partial charge >= 0.3 is 0 Å². The summed E-state index contributed by atoms with van der Waals surface area (Å²) in [7, 11) is -2.32. The number of nitrogens with one attached hydrogen (secondary N) is 1. The van der Waals surface area contributed by atoms with Crippen LogP contribution in [0.2, 0.25) is 0 Å². The Bertz CT molecular complexity index is 1720. The van der Waals surface area contributed by atoms with Crippen LogP contribution in [0.1, 0.15) is 53.6 Å². The molecule has 3 aliphatic rings. The van der Waals surface area contributed by atoms with E-state index >= 15 is 0 Å². The number of aryl methyl sites for hydroxylation is 1. The number of hydrogen-bond acceptors (Lipinski definition) is 8. The molecule has 0 atom stereocenters.